The Morgan fingerprint density at radius 1 is 0.767 bits per heavy atom. The summed E-state index contributed by atoms with van der Waals surface area (Å²) < 4.78 is 32.4. The van der Waals surface area contributed by atoms with Crippen molar-refractivity contribution in [1.82, 2.24) is 0 Å². The van der Waals surface area contributed by atoms with Crippen molar-refractivity contribution in [3.63, 3.8) is 0 Å². The maximum atomic E-state index is 13.3. The number of carbonyl (C=O) groups is 5. The number of hydrogen-bond acceptors (Lipinski definition) is 12. The highest BCUT2D eigenvalue weighted by Crippen LogP contribution is 2.33. The summed E-state index contributed by atoms with van der Waals surface area (Å²) in [6.07, 6.45) is 6.55. The van der Waals surface area contributed by atoms with Gasteiger partial charge in [-0.05, 0) is 44.8 Å². The average Bonchev–Trinajstić information content (AvgIpc) is 2.98. The third kappa shape index (κ3) is 13.3. The fourth-order valence-electron chi connectivity index (χ4n) is 3.54. The number of ether oxygens (including phenoxy) is 5. The fourth-order valence-corrected chi connectivity index (χ4v) is 3.54. The number of rotatable bonds is 21. The lowest BCUT2D eigenvalue weighted by Gasteiger charge is -2.30. The molecule has 0 spiro atoms. The van der Waals surface area contributed by atoms with Crippen LogP contribution in [-0.2, 0) is 48.9 Å². The van der Waals surface area contributed by atoms with Gasteiger partial charge in [0.15, 0.2) is 11.5 Å². The van der Waals surface area contributed by atoms with Crippen molar-refractivity contribution >= 4 is 35.7 Å². The topological polar surface area (TPSA) is 162 Å². The Bertz CT molecular complexity index is 1120. The first-order chi connectivity index (χ1) is 20.5. The van der Waals surface area contributed by atoms with E-state index in [1.165, 1.54) is 32.9 Å². The lowest BCUT2D eigenvalue weighted by molar-refractivity contribution is -0.347. The smallest absolute Gasteiger partial charge is 0.486 e. The molecule has 0 aromatic carbocycles. The van der Waals surface area contributed by atoms with Gasteiger partial charge in [0, 0.05) is 38.2 Å². The van der Waals surface area contributed by atoms with Gasteiger partial charge in [-0.25, -0.2) is 0 Å². The number of ketones is 1. The second-order valence-electron chi connectivity index (χ2n) is 9.43. The molecular weight excluding hydrogens is 564 g/mol. The molecule has 0 saturated heterocycles. The lowest BCUT2D eigenvalue weighted by Crippen LogP contribution is -2.42. The predicted molar refractivity (Wildman–Crippen MR) is 155 cm³/mol. The van der Waals surface area contributed by atoms with Gasteiger partial charge in [-0.3, -0.25) is 28.8 Å². The highest BCUT2D eigenvalue weighted by molar-refractivity contribution is 5.93. The third-order valence-electron chi connectivity index (χ3n) is 5.87. The van der Waals surface area contributed by atoms with Gasteiger partial charge in [-0.2, -0.15) is 0 Å². The molecule has 43 heavy (non-hydrogen) atoms. The summed E-state index contributed by atoms with van der Waals surface area (Å²) in [4.78, 5) is 74.5. The molecule has 0 atom stereocenters. The van der Waals surface area contributed by atoms with E-state index >= 15 is 0 Å². The molecule has 1 aromatic heterocycles. The normalized spacial score (nSPS) is 11.2. The van der Waals surface area contributed by atoms with Crippen molar-refractivity contribution in [3.05, 3.63) is 33.9 Å². The summed E-state index contributed by atoms with van der Waals surface area (Å²) in [7, 11) is 0. The number of carbonyl (C=O) groups excluding carboxylic acids is 5. The van der Waals surface area contributed by atoms with Gasteiger partial charge in [0.05, 0.1) is 13.2 Å². The summed E-state index contributed by atoms with van der Waals surface area (Å²) in [6, 6.07) is 0.839. The Labute approximate surface area is 252 Å². The molecule has 1 aromatic rings. The van der Waals surface area contributed by atoms with Crippen molar-refractivity contribution in [1.29, 1.82) is 0 Å². The van der Waals surface area contributed by atoms with Crippen LogP contribution < -0.4 is 10.2 Å². The average molecular weight is 609 g/mol. The van der Waals surface area contributed by atoms with Crippen molar-refractivity contribution in [2.45, 2.75) is 111 Å². The van der Waals surface area contributed by atoms with Gasteiger partial charge in [-0.1, -0.05) is 40.5 Å². The molecule has 12 heteroatoms. The van der Waals surface area contributed by atoms with Crippen LogP contribution in [0.4, 0.5) is 0 Å². The molecular formula is C31H44O12. The zero-order valence-electron chi connectivity index (χ0n) is 25.8. The Morgan fingerprint density at radius 3 is 1.88 bits per heavy atom. The molecule has 0 amide bonds. The Morgan fingerprint density at radius 2 is 1.35 bits per heavy atom. The van der Waals surface area contributed by atoms with Crippen LogP contribution in [0, 0.1) is 0 Å². The minimum Gasteiger partial charge on any atom is -0.486 e. The molecule has 1 heterocycles. The first-order valence-corrected chi connectivity index (χ1v) is 14.9. The SMILES string of the molecule is CCCCCC(=O)C=Cc1oc(C(OC(=O)CC)(OC(=O)CC)OC(=O)CC)cc(=O)c1OCCCCCC(=O)OCC. The van der Waals surface area contributed by atoms with Gasteiger partial charge in [0.25, 0.3) is 0 Å². The first kappa shape index (κ1) is 37.1. The van der Waals surface area contributed by atoms with E-state index < -0.39 is 35.1 Å². The van der Waals surface area contributed by atoms with Crippen LogP contribution in [-0.4, -0.2) is 42.9 Å². The molecule has 12 nitrogen and oxygen atoms in total. The fraction of sp³-hybridized carbons (Fsp3) is 0.613. The molecule has 0 fully saturated rings. The maximum Gasteiger partial charge on any atom is 0.488 e. The first-order valence-electron chi connectivity index (χ1n) is 14.9. The Kier molecular flexibility index (Phi) is 17.3. The number of allylic oxidation sites excluding steroid dienone is 1. The summed E-state index contributed by atoms with van der Waals surface area (Å²) in [5.74, 6) is -7.21. The van der Waals surface area contributed by atoms with E-state index in [2.05, 4.69) is 0 Å². The minimum absolute atomic E-state index is 0.0732. The van der Waals surface area contributed by atoms with Gasteiger partial charge in [-0.15, -0.1) is 0 Å². The second kappa shape index (κ2) is 20.0. The lowest BCUT2D eigenvalue weighted by atomic mass is 10.1. The number of hydrogen-bond donors (Lipinski definition) is 0. The molecule has 0 aliphatic carbocycles. The maximum absolute atomic E-state index is 13.3. The molecule has 0 saturated carbocycles. The van der Waals surface area contributed by atoms with Gasteiger partial charge < -0.3 is 28.1 Å². The van der Waals surface area contributed by atoms with Crippen molar-refractivity contribution in [2.24, 2.45) is 0 Å². The second-order valence-corrected chi connectivity index (χ2v) is 9.43. The van der Waals surface area contributed by atoms with Crippen LogP contribution in [0.2, 0.25) is 0 Å². The van der Waals surface area contributed by atoms with E-state index in [9.17, 15) is 28.8 Å². The molecule has 1 rings (SSSR count). The molecule has 0 unspecified atom stereocenters. The largest absolute Gasteiger partial charge is 0.488 e. The summed E-state index contributed by atoms with van der Waals surface area (Å²) in [5, 5.41) is 0. The van der Waals surface area contributed by atoms with E-state index in [0.717, 1.165) is 18.9 Å². The van der Waals surface area contributed by atoms with Crippen LogP contribution in [0.5, 0.6) is 5.75 Å². The summed E-state index contributed by atoms with van der Waals surface area (Å²) in [6.45, 7) is 8.52. The molecule has 0 aliphatic rings. The van der Waals surface area contributed by atoms with E-state index in [1.807, 2.05) is 6.92 Å². The number of unbranched alkanes of at least 4 members (excludes halogenated alkanes) is 4. The van der Waals surface area contributed by atoms with Crippen molar-refractivity contribution in [3.8, 4) is 5.75 Å². The van der Waals surface area contributed by atoms with Gasteiger partial charge in [0.2, 0.25) is 16.9 Å². The highest BCUT2D eigenvalue weighted by Gasteiger charge is 2.49. The van der Waals surface area contributed by atoms with Crippen molar-refractivity contribution in [2.75, 3.05) is 13.2 Å². The monoisotopic (exact) mass is 608 g/mol. The van der Waals surface area contributed by atoms with Crippen LogP contribution in [0.3, 0.4) is 0 Å². The van der Waals surface area contributed by atoms with Gasteiger partial charge in [0.1, 0.15) is 0 Å². The minimum atomic E-state index is -2.83. The van der Waals surface area contributed by atoms with Crippen molar-refractivity contribution < 1.29 is 52.1 Å². The zero-order chi connectivity index (χ0) is 32.3. The summed E-state index contributed by atoms with van der Waals surface area (Å²) in [5.41, 5.74) is -0.775. The van der Waals surface area contributed by atoms with E-state index in [1.54, 1.807) is 6.92 Å². The molecule has 0 aliphatic heterocycles. The van der Waals surface area contributed by atoms with Crippen LogP contribution in [0.25, 0.3) is 6.08 Å². The quantitative estimate of drug-likeness (QED) is 0.0770. The third-order valence-corrected chi connectivity index (χ3v) is 5.87. The molecule has 240 valence electrons. The standard InChI is InChI=1S/C31H44O12/c1-6-11-13-16-22(32)18-19-24-30(39-20-15-12-14-17-29(37)38-10-5)23(33)21-25(40-24)31(41-26(34)7-2,42-27(35)8-3)43-28(36)9-4/h18-19,21H,6-17,20H2,1-5H3. The number of esters is 4. The zero-order valence-corrected chi connectivity index (χ0v) is 25.8. The predicted octanol–water partition coefficient (Wildman–Crippen LogP) is 5.27. The van der Waals surface area contributed by atoms with E-state index in [-0.39, 0.29) is 62.0 Å². The molecule has 0 radical (unpaired) electrons. The van der Waals surface area contributed by atoms with E-state index in [4.69, 9.17) is 28.1 Å². The Hall–Kier alpha value is -3.96. The summed E-state index contributed by atoms with van der Waals surface area (Å²) >= 11 is 0. The Balaban J connectivity index is 3.51. The molecule has 0 N–H and O–H groups in total. The van der Waals surface area contributed by atoms with Crippen LogP contribution >= 0.6 is 0 Å². The van der Waals surface area contributed by atoms with Crippen LogP contribution in [0.1, 0.15) is 117 Å². The highest BCUT2D eigenvalue weighted by atomic mass is 16.9. The van der Waals surface area contributed by atoms with E-state index in [0.29, 0.717) is 32.3 Å². The van der Waals surface area contributed by atoms with Gasteiger partial charge >= 0.3 is 29.9 Å². The van der Waals surface area contributed by atoms with Crippen LogP contribution in [0.15, 0.2) is 21.4 Å². The molecule has 0 bridgehead atoms.